The second-order valence-electron chi connectivity index (χ2n) is 7.94. The lowest BCUT2D eigenvalue weighted by molar-refractivity contribution is 0.0682. The molecule has 0 N–H and O–H groups in total. The summed E-state index contributed by atoms with van der Waals surface area (Å²) >= 11 is 0. The third-order valence-corrected chi connectivity index (χ3v) is 6.89. The van der Waals surface area contributed by atoms with E-state index >= 15 is 0 Å². The lowest BCUT2D eigenvalue weighted by atomic mass is 9.65. The van der Waals surface area contributed by atoms with Crippen LogP contribution in [0.5, 0.6) is 0 Å². The first-order chi connectivity index (χ1) is 11.9. The van der Waals surface area contributed by atoms with Crippen LogP contribution in [0.15, 0.2) is 24.3 Å². The zero-order chi connectivity index (χ0) is 18.0. The molecule has 1 aliphatic carbocycles. The standard InChI is InChI=1S/C21H28N2O2/c1-14-12-15(2)18-17(13-14)22(4)21-9-7-6-8-16(3)20(18,21)10-11-23(21)19(24)25-5/h12-13H,3,6-11H2,1-2,4-5H3/t20-,21+/m0/s1. The highest BCUT2D eigenvalue weighted by molar-refractivity contribution is 5.79. The minimum Gasteiger partial charge on any atom is -0.453 e. The Balaban J connectivity index is 2.05. The van der Waals surface area contributed by atoms with Crippen molar-refractivity contribution in [1.29, 1.82) is 0 Å². The molecule has 0 bridgehead atoms. The second kappa shape index (κ2) is 5.26. The molecule has 2 heterocycles. The van der Waals surface area contributed by atoms with Gasteiger partial charge in [0.05, 0.1) is 12.5 Å². The molecule has 1 amide bonds. The number of aryl methyl sites for hydroxylation is 2. The smallest absolute Gasteiger partial charge is 0.411 e. The second-order valence-corrected chi connectivity index (χ2v) is 7.94. The summed E-state index contributed by atoms with van der Waals surface area (Å²) in [6.07, 6.45) is 4.96. The Kier molecular flexibility index (Phi) is 3.47. The van der Waals surface area contributed by atoms with Crippen molar-refractivity contribution in [2.75, 3.05) is 25.6 Å². The van der Waals surface area contributed by atoms with Crippen molar-refractivity contribution in [3.05, 3.63) is 41.0 Å². The van der Waals surface area contributed by atoms with E-state index in [9.17, 15) is 4.79 Å². The number of rotatable bonds is 0. The van der Waals surface area contributed by atoms with Gasteiger partial charge in [-0.2, -0.15) is 0 Å². The summed E-state index contributed by atoms with van der Waals surface area (Å²) in [5.74, 6) is 0. The van der Waals surface area contributed by atoms with E-state index in [1.807, 2.05) is 4.90 Å². The number of ether oxygens (including phenoxy) is 1. The van der Waals surface area contributed by atoms with Crippen LogP contribution in [0.25, 0.3) is 0 Å². The molecule has 4 nitrogen and oxygen atoms in total. The Hall–Kier alpha value is -1.97. The topological polar surface area (TPSA) is 32.8 Å². The van der Waals surface area contributed by atoms with Gasteiger partial charge in [0.15, 0.2) is 0 Å². The van der Waals surface area contributed by atoms with Gasteiger partial charge < -0.3 is 9.64 Å². The van der Waals surface area contributed by atoms with Crippen LogP contribution in [-0.4, -0.2) is 37.4 Å². The first kappa shape index (κ1) is 16.5. The number of methoxy groups -OCH3 is 1. The molecule has 2 aliphatic heterocycles. The van der Waals surface area contributed by atoms with E-state index in [4.69, 9.17) is 4.74 Å². The van der Waals surface area contributed by atoms with E-state index < -0.39 is 0 Å². The number of hydrogen-bond donors (Lipinski definition) is 0. The van der Waals surface area contributed by atoms with E-state index in [0.29, 0.717) is 0 Å². The molecule has 3 aliphatic rings. The minimum absolute atomic E-state index is 0.181. The summed E-state index contributed by atoms with van der Waals surface area (Å²) < 4.78 is 5.19. The summed E-state index contributed by atoms with van der Waals surface area (Å²) in [4.78, 5) is 17.1. The normalized spacial score (nSPS) is 30.6. The van der Waals surface area contributed by atoms with Gasteiger partial charge in [-0.1, -0.05) is 18.2 Å². The number of benzene rings is 1. The molecule has 0 aromatic heterocycles. The van der Waals surface area contributed by atoms with Crippen LogP contribution in [-0.2, 0) is 10.2 Å². The van der Waals surface area contributed by atoms with Gasteiger partial charge in [-0.15, -0.1) is 0 Å². The average molecular weight is 340 g/mol. The van der Waals surface area contributed by atoms with E-state index in [-0.39, 0.29) is 17.2 Å². The van der Waals surface area contributed by atoms with E-state index in [1.54, 1.807) is 0 Å². The van der Waals surface area contributed by atoms with Crippen LogP contribution in [0.2, 0.25) is 0 Å². The number of carbonyl (C=O) groups excluding carboxylic acids is 1. The molecule has 0 radical (unpaired) electrons. The maximum absolute atomic E-state index is 12.7. The Morgan fingerprint density at radius 2 is 2.00 bits per heavy atom. The van der Waals surface area contributed by atoms with E-state index in [1.165, 1.54) is 35.1 Å². The van der Waals surface area contributed by atoms with Crippen molar-refractivity contribution in [3.63, 3.8) is 0 Å². The first-order valence-corrected chi connectivity index (χ1v) is 9.29. The number of fused-ring (bicyclic) bond motifs is 1. The van der Waals surface area contributed by atoms with Crippen LogP contribution in [0.3, 0.4) is 0 Å². The van der Waals surface area contributed by atoms with Gasteiger partial charge in [-0.3, -0.25) is 4.90 Å². The number of nitrogens with zero attached hydrogens (tertiary/aromatic N) is 2. The minimum atomic E-state index is -0.380. The third-order valence-electron chi connectivity index (χ3n) is 6.89. The molecule has 2 fully saturated rings. The maximum Gasteiger partial charge on any atom is 0.411 e. The SMILES string of the molecule is C=C1CCCC[C@@]23N(C(=O)OC)CC[C@@]12c1c(C)cc(C)cc1N3C. The molecule has 1 saturated heterocycles. The molecule has 4 rings (SSSR count). The van der Waals surface area contributed by atoms with Crippen molar-refractivity contribution in [3.8, 4) is 0 Å². The lowest BCUT2D eigenvalue weighted by Crippen LogP contribution is -2.63. The first-order valence-electron chi connectivity index (χ1n) is 9.29. The zero-order valence-electron chi connectivity index (χ0n) is 15.8. The van der Waals surface area contributed by atoms with Crippen LogP contribution in [0, 0.1) is 13.8 Å². The lowest BCUT2D eigenvalue weighted by Gasteiger charge is -2.49. The molecule has 0 unspecified atom stereocenters. The molecule has 1 aromatic rings. The van der Waals surface area contributed by atoms with Crippen molar-refractivity contribution < 1.29 is 9.53 Å². The molecular formula is C21H28N2O2. The molecule has 1 aromatic carbocycles. The summed E-state index contributed by atoms with van der Waals surface area (Å²) in [6.45, 7) is 9.64. The Bertz CT molecular complexity index is 771. The molecule has 134 valence electrons. The monoisotopic (exact) mass is 340 g/mol. The zero-order valence-corrected chi connectivity index (χ0v) is 15.8. The van der Waals surface area contributed by atoms with Crippen molar-refractivity contribution in [2.24, 2.45) is 0 Å². The highest BCUT2D eigenvalue weighted by Gasteiger charge is 2.69. The van der Waals surface area contributed by atoms with Crippen LogP contribution >= 0.6 is 0 Å². The highest BCUT2D eigenvalue weighted by atomic mass is 16.5. The highest BCUT2D eigenvalue weighted by Crippen LogP contribution is 2.65. The van der Waals surface area contributed by atoms with Crippen molar-refractivity contribution in [2.45, 2.75) is 57.0 Å². The number of carbonyl (C=O) groups is 1. The van der Waals surface area contributed by atoms with Crippen LogP contribution in [0.4, 0.5) is 10.5 Å². The summed E-state index contributed by atoms with van der Waals surface area (Å²) in [5.41, 5.74) is 5.95. The number of anilines is 1. The number of hydrogen-bond acceptors (Lipinski definition) is 3. The average Bonchev–Trinajstić information content (AvgIpc) is 2.96. The van der Waals surface area contributed by atoms with Gasteiger partial charge in [0.2, 0.25) is 0 Å². The number of likely N-dealkylation sites (tertiary alicyclic amines) is 1. The maximum atomic E-state index is 12.7. The van der Waals surface area contributed by atoms with E-state index in [2.05, 4.69) is 44.5 Å². The summed E-state index contributed by atoms with van der Waals surface area (Å²) in [7, 11) is 3.64. The predicted molar refractivity (Wildman–Crippen MR) is 100 cm³/mol. The van der Waals surface area contributed by atoms with Gasteiger partial charge in [-0.05, 0) is 68.7 Å². The summed E-state index contributed by atoms with van der Waals surface area (Å²) in [5, 5.41) is 0. The largest absolute Gasteiger partial charge is 0.453 e. The van der Waals surface area contributed by atoms with Gasteiger partial charge in [0.25, 0.3) is 0 Å². The van der Waals surface area contributed by atoms with E-state index in [0.717, 1.165) is 38.6 Å². The van der Waals surface area contributed by atoms with Gasteiger partial charge >= 0.3 is 6.09 Å². The third kappa shape index (κ3) is 1.75. The Labute approximate surface area is 150 Å². The Morgan fingerprint density at radius 3 is 2.72 bits per heavy atom. The molecular weight excluding hydrogens is 312 g/mol. The van der Waals surface area contributed by atoms with Crippen LogP contribution < -0.4 is 4.90 Å². The fraction of sp³-hybridized carbons (Fsp3) is 0.571. The van der Waals surface area contributed by atoms with Crippen molar-refractivity contribution >= 4 is 11.8 Å². The fourth-order valence-electron chi connectivity index (χ4n) is 6.08. The predicted octanol–water partition coefficient (Wildman–Crippen LogP) is 4.29. The molecule has 1 saturated carbocycles. The fourth-order valence-corrected chi connectivity index (χ4v) is 6.08. The van der Waals surface area contributed by atoms with Gasteiger partial charge in [0.1, 0.15) is 5.66 Å². The van der Waals surface area contributed by atoms with Gasteiger partial charge in [0, 0.05) is 19.3 Å². The molecule has 4 heteroatoms. The molecule has 0 spiro atoms. The quantitative estimate of drug-likeness (QED) is 0.661. The number of amides is 1. The number of likely N-dealkylation sites (N-methyl/N-ethyl adjacent to an activating group) is 1. The van der Waals surface area contributed by atoms with Crippen LogP contribution in [0.1, 0.15) is 48.8 Å². The van der Waals surface area contributed by atoms with Gasteiger partial charge in [-0.25, -0.2) is 4.79 Å². The summed E-state index contributed by atoms with van der Waals surface area (Å²) in [6, 6.07) is 4.55. The molecule has 2 atom stereocenters. The Morgan fingerprint density at radius 1 is 1.24 bits per heavy atom. The molecule has 25 heavy (non-hydrogen) atoms. The van der Waals surface area contributed by atoms with Crippen molar-refractivity contribution in [1.82, 2.24) is 4.90 Å².